The van der Waals surface area contributed by atoms with Crippen LogP contribution in [0.2, 0.25) is 5.02 Å². The van der Waals surface area contributed by atoms with Crippen LogP contribution >= 0.6 is 11.6 Å². The molecule has 0 unspecified atom stereocenters. The second kappa shape index (κ2) is 10.5. The second-order valence-electron chi connectivity index (χ2n) is 7.05. The Hall–Kier alpha value is -3.84. The van der Waals surface area contributed by atoms with Gasteiger partial charge < -0.3 is 10.1 Å². The van der Waals surface area contributed by atoms with Crippen molar-refractivity contribution in [3.05, 3.63) is 94.0 Å². The van der Waals surface area contributed by atoms with Gasteiger partial charge in [-0.1, -0.05) is 29.8 Å². The fourth-order valence-electron chi connectivity index (χ4n) is 2.88. The SMILES string of the molecule is Cc1cc(Cl)ccc1OCC(=O)NNC(=O)c1ccc(NC(=O)c2ccccc2C)cc1. The molecule has 0 aromatic heterocycles. The molecule has 0 spiro atoms. The molecule has 3 aromatic rings. The van der Waals surface area contributed by atoms with Gasteiger partial charge in [-0.3, -0.25) is 25.2 Å². The highest BCUT2D eigenvalue weighted by Crippen LogP contribution is 2.21. The van der Waals surface area contributed by atoms with Crippen LogP contribution in [0.25, 0.3) is 0 Å². The van der Waals surface area contributed by atoms with Gasteiger partial charge in [-0.25, -0.2) is 0 Å². The van der Waals surface area contributed by atoms with E-state index in [2.05, 4.69) is 16.2 Å². The summed E-state index contributed by atoms with van der Waals surface area (Å²) in [6.07, 6.45) is 0. The zero-order valence-electron chi connectivity index (χ0n) is 17.6. The smallest absolute Gasteiger partial charge is 0.276 e. The topological polar surface area (TPSA) is 96.5 Å². The Morgan fingerprint density at radius 3 is 2.25 bits per heavy atom. The van der Waals surface area contributed by atoms with Crippen LogP contribution in [0, 0.1) is 13.8 Å². The maximum atomic E-state index is 12.4. The molecule has 0 fully saturated rings. The van der Waals surface area contributed by atoms with Crippen LogP contribution in [0.1, 0.15) is 31.8 Å². The van der Waals surface area contributed by atoms with Crippen molar-refractivity contribution in [2.45, 2.75) is 13.8 Å². The summed E-state index contributed by atoms with van der Waals surface area (Å²) in [6.45, 7) is 3.40. The predicted octanol–water partition coefficient (Wildman–Crippen LogP) is 4.05. The normalized spacial score (nSPS) is 10.2. The Kier molecular flexibility index (Phi) is 7.46. The number of halogens is 1. The molecule has 0 atom stereocenters. The Morgan fingerprint density at radius 2 is 1.56 bits per heavy atom. The van der Waals surface area contributed by atoms with Crippen molar-refractivity contribution in [1.29, 1.82) is 0 Å². The lowest BCUT2D eigenvalue weighted by molar-refractivity contribution is -0.123. The van der Waals surface area contributed by atoms with Crippen molar-refractivity contribution in [2.24, 2.45) is 0 Å². The largest absolute Gasteiger partial charge is 0.483 e. The third-order valence-electron chi connectivity index (χ3n) is 4.61. The van der Waals surface area contributed by atoms with Crippen molar-refractivity contribution in [2.75, 3.05) is 11.9 Å². The van der Waals surface area contributed by atoms with E-state index in [-0.39, 0.29) is 12.5 Å². The molecule has 0 aliphatic rings. The van der Waals surface area contributed by atoms with E-state index in [1.807, 2.05) is 26.0 Å². The fraction of sp³-hybridized carbons (Fsp3) is 0.125. The first-order valence-electron chi connectivity index (χ1n) is 9.78. The van der Waals surface area contributed by atoms with E-state index in [1.165, 1.54) is 0 Å². The number of carbonyl (C=O) groups is 3. The number of hydrogen-bond donors (Lipinski definition) is 3. The highest BCUT2D eigenvalue weighted by Gasteiger charge is 2.11. The summed E-state index contributed by atoms with van der Waals surface area (Å²) in [7, 11) is 0. The second-order valence-corrected chi connectivity index (χ2v) is 7.48. The maximum Gasteiger partial charge on any atom is 0.276 e. The van der Waals surface area contributed by atoms with Gasteiger partial charge in [-0.15, -0.1) is 0 Å². The van der Waals surface area contributed by atoms with Crippen molar-refractivity contribution in [1.82, 2.24) is 10.9 Å². The van der Waals surface area contributed by atoms with Crippen molar-refractivity contribution in [3.8, 4) is 5.75 Å². The molecule has 8 heteroatoms. The number of anilines is 1. The zero-order valence-corrected chi connectivity index (χ0v) is 18.3. The van der Waals surface area contributed by atoms with Gasteiger partial charge in [0.25, 0.3) is 17.7 Å². The molecule has 3 rings (SSSR count). The predicted molar refractivity (Wildman–Crippen MR) is 123 cm³/mol. The van der Waals surface area contributed by atoms with E-state index in [9.17, 15) is 14.4 Å². The summed E-state index contributed by atoms with van der Waals surface area (Å²) in [5.41, 5.74) is 7.72. The summed E-state index contributed by atoms with van der Waals surface area (Å²) in [5.74, 6) is -0.727. The van der Waals surface area contributed by atoms with E-state index in [0.717, 1.165) is 11.1 Å². The van der Waals surface area contributed by atoms with Gasteiger partial charge in [0.2, 0.25) is 0 Å². The van der Waals surface area contributed by atoms with E-state index in [0.29, 0.717) is 27.6 Å². The number of amides is 3. The summed E-state index contributed by atoms with van der Waals surface area (Å²) in [4.78, 5) is 36.6. The molecule has 0 saturated heterocycles. The van der Waals surface area contributed by atoms with Gasteiger partial charge in [-0.05, 0) is 73.5 Å². The standard InChI is InChI=1S/C24H22ClN3O4/c1-15-5-3-4-6-20(15)24(31)26-19-10-7-17(8-11-19)23(30)28-27-22(29)14-32-21-12-9-18(25)13-16(21)2/h3-13H,14H2,1-2H3,(H,26,31)(H,27,29)(H,28,30). The lowest BCUT2D eigenvalue weighted by atomic mass is 10.1. The highest BCUT2D eigenvalue weighted by molar-refractivity contribution is 6.30. The molecule has 3 amide bonds. The van der Waals surface area contributed by atoms with Gasteiger partial charge in [0.1, 0.15) is 5.75 Å². The average Bonchev–Trinajstić information content (AvgIpc) is 2.77. The Morgan fingerprint density at radius 1 is 0.844 bits per heavy atom. The van der Waals surface area contributed by atoms with Crippen LogP contribution in [0.4, 0.5) is 5.69 Å². The molecule has 0 aliphatic heterocycles. The highest BCUT2D eigenvalue weighted by atomic mass is 35.5. The van der Waals surface area contributed by atoms with Crippen molar-refractivity contribution in [3.63, 3.8) is 0 Å². The summed E-state index contributed by atoms with van der Waals surface area (Å²) in [5, 5.41) is 3.37. The minimum absolute atomic E-state index is 0.233. The number of nitrogens with one attached hydrogen (secondary N) is 3. The van der Waals surface area contributed by atoms with Crippen LogP contribution in [-0.2, 0) is 4.79 Å². The minimum atomic E-state index is -0.519. The molecule has 0 aliphatic carbocycles. The first-order valence-corrected chi connectivity index (χ1v) is 10.2. The first-order chi connectivity index (χ1) is 15.3. The molecule has 3 N–H and O–H groups in total. The molecule has 164 valence electrons. The van der Waals surface area contributed by atoms with E-state index < -0.39 is 11.8 Å². The molecule has 0 radical (unpaired) electrons. The minimum Gasteiger partial charge on any atom is -0.483 e. The Labute approximate surface area is 190 Å². The van der Waals surface area contributed by atoms with Gasteiger partial charge >= 0.3 is 0 Å². The third kappa shape index (κ3) is 6.09. The molecule has 0 bridgehead atoms. The molecule has 7 nitrogen and oxygen atoms in total. The summed E-state index contributed by atoms with van der Waals surface area (Å²) in [6, 6.07) is 18.6. The van der Waals surface area contributed by atoms with Crippen LogP contribution in [0.15, 0.2) is 66.7 Å². The first kappa shape index (κ1) is 22.8. The quantitative estimate of drug-likeness (QED) is 0.492. The summed E-state index contributed by atoms with van der Waals surface area (Å²) >= 11 is 5.89. The van der Waals surface area contributed by atoms with Gasteiger partial charge in [0.05, 0.1) is 0 Å². The number of hydrazine groups is 1. The Bertz CT molecular complexity index is 1150. The lowest BCUT2D eigenvalue weighted by Gasteiger charge is -2.11. The number of rotatable bonds is 6. The third-order valence-corrected chi connectivity index (χ3v) is 4.84. The number of carbonyl (C=O) groups excluding carboxylic acids is 3. The van der Waals surface area contributed by atoms with Crippen LogP contribution in [-0.4, -0.2) is 24.3 Å². The zero-order chi connectivity index (χ0) is 23.1. The number of aryl methyl sites for hydroxylation is 2. The van der Waals surface area contributed by atoms with Crippen LogP contribution < -0.4 is 20.9 Å². The monoisotopic (exact) mass is 451 g/mol. The number of benzene rings is 3. The van der Waals surface area contributed by atoms with Crippen LogP contribution in [0.5, 0.6) is 5.75 Å². The van der Waals surface area contributed by atoms with E-state index in [4.69, 9.17) is 16.3 Å². The molecule has 3 aromatic carbocycles. The van der Waals surface area contributed by atoms with Crippen LogP contribution in [0.3, 0.4) is 0 Å². The Balaban J connectivity index is 1.48. The fourth-order valence-corrected chi connectivity index (χ4v) is 3.11. The number of ether oxygens (including phenoxy) is 1. The lowest BCUT2D eigenvalue weighted by Crippen LogP contribution is -2.43. The van der Waals surface area contributed by atoms with Gasteiger partial charge in [0, 0.05) is 21.8 Å². The molecule has 0 heterocycles. The van der Waals surface area contributed by atoms with E-state index in [1.54, 1.807) is 54.6 Å². The summed E-state index contributed by atoms with van der Waals surface area (Å²) < 4.78 is 5.43. The molecular formula is C24H22ClN3O4. The maximum absolute atomic E-state index is 12.4. The van der Waals surface area contributed by atoms with Gasteiger partial charge in [0.15, 0.2) is 6.61 Å². The molecular weight excluding hydrogens is 430 g/mol. The van der Waals surface area contributed by atoms with E-state index >= 15 is 0 Å². The van der Waals surface area contributed by atoms with Crippen molar-refractivity contribution < 1.29 is 19.1 Å². The van der Waals surface area contributed by atoms with Gasteiger partial charge in [-0.2, -0.15) is 0 Å². The average molecular weight is 452 g/mol. The number of hydrogen-bond acceptors (Lipinski definition) is 4. The van der Waals surface area contributed by atoms with Crippen molar-refractivity contribution >= 4 is 35.0 Å². The molecule has 32 heavy (non-hydrogen) atoms. The molecule has 0 saturated carbocycles.